The lowest BCUT2D eigenvalue weighted by Gasteiger charge is -2.46. The standard InChI is InChI=1S/C26H30N6O3S/c1-14-18(9-10-20(29-14)35-17-5-3-2-4-6-17)32-19-11-12-28-25-21(19)22(31-26(32)34)23(36-25)24(33)30-16-8-7-15(27)13-16/h2-6,9-10,15-16,19,21,25,28H,7-8,11-13,27H2,1H3,(H,30,33)(H,31,34)/t15-,16-,19?,21?,25?/m0/s1. The molecule has 1 aromatic carbocycles. The van der Waals surface area contributed by atoms with Crippen LogP contribution >= 0.6 is 11.8 Å². The van der Waals surface area contributed by atoms with Gasteiger partial charge in [-0.15, -0.1) is 0 Å². The zero-order chi connectivity index (χ0) is 24.8. The predicted molar refractivity (Wildman–Crippen MR) is 139 cm³/mol. The Bertz CT molecular complexity index is 1220. The number of pyridine rings is 1. The fourth-order valence-corrected chi connectivity index (χ4v) is 7.15. The van der Waals surface area contributed by atoms with Gasteiger partial charge in [-0.1, -0.05) is 30.0 Å². The molecule has 9 nitrogen and oxygen atoms in total. The van der Waals surface area contributed by atoms with Gasteiger partial charge in [0.1, 0.15) is 5.75 Å². The number of anilines is 1. The number of thioether (sulfide) groups is 1. The number of nitrogens with one attached hydrogen (secondary N) is 3. The molecule has 3 unspecified atom stereocenters. The summed E-state index contributed by atoms with van der Waals surface area (Å²) in [6.07, 6.45) is 3.40. The Hall–Kier alpha value is -3.08. The number of nitrogens with two attached hydrogens (primary N) is 1. The number of carbonyl (C=O) groups excluding carboxylic acids is 2. The van der Waals surface area contributed by atoms with E-state index in [1.165, 1.54) is 11.8 Å². The third kappa shape index (κ3) is 4.23. The van der Waals surface area contributed by atoms with Crippen molar-refractivity contribution >= 4 is 29.4 Å². The van der Waals surface area contributed by atoms with Crippen molar-refractivity contribution in [1.82, 2.24) is 20.9 Å². The third-order valence-corrected chi connectivity index (χ3v) is 8.77. The number of hydrogen-bond acceptors (Lipinski definition) is 7. The van der Waals surface area contributed by atoms with Crippen LogP contribution < -0.4 is 31.3 Å². The normalized spacial score (nSPS) is 29.1. The van der Waals surface area contributed by atoms with E-state index in [0.717, 1.165) is 43.6 Å². The van der Waals surface area contributed by atoms with Crippen molar-refractivity contribution in [2.75, 3.05) is 11.4 Å². The van der Waals surface area contributed by atoms with Crippen LogP contribution in [0, 0.1) is 12.8 Å². The van der Waals surface area contributed by atoms with Gasteiger partial charge in [-0.25, -0.2) is 9.78 Å². The summed E-state index contributed by atoms with van der Waals surface area (Å²) in [6, 6.07) is 13.1. The molecule has 3 amide bonds. The SMILES string of the molecule is Cc1nc(Oc2ccccc2)ccc1N1C(=O)NC2=C(C(=O)N[C@H]3CC[C@H](N)C3)SC3NCCC1C23. The molecule has 0 bridgehead atoms. The number of amides is 3. The minimum atomic E-state index is -0.232. The Morgan fingerprint density at radius 2 is 2.03 bits per heavy atom. The smallest absolute Gasteiger partial charge is 0.326 e. The minimum absolute atomic E-state index is 0.00678. The highest BCUT2D eigenvalue weighted by Gasteiger charge is 2.52. The van der Waals surface area contributed by atoms with Crippen LogP contribution in [0.2, 0.25) is 0 Å². The zero-order valence-electron chi connectivity index (χ0n) is 20.1. The summed E-state index contributed by atoms with van der Waals surface area (Å²) < 4.78 is 5.88. The Morgan fingerprint density at radius 1 is 1.19 bits per heavy atom. The lowest BCUT2D eigenvalue weighted by molar-refractivity contribution is -0.117. The maximum absolute atomic E-state index is 13.5. The molecule has 5 atom stereocenters. The van der Waals surface area contributed by atoms with E-state index in [1.54, 1.807) is 6.07 Å². The van der Waals surface area contributed by atoms with Crippen molar-refractivity contribution in [2.45, 2.75) is 56.1 Å². The van der Waals surface area contributed by atoms with E-state index < -0.39 is 0 Å². The molecule has 4 aliphatic rings. The zero-order valence-corrected chi connectivity index (χ0v) is 20.9. The lowest BCUT2D eigenvalue weighted by atomic mass is 9.86. The van der Waals surface area contributed by atoms with Gasteiger partial charge in [-0.2, -0.15) is 0 Å². The molecular weight excluding hydrogens is 476 g/mol. The van der Waals surface area contributed by atoms with E-state index in [1.807, 2.05) is 48.2 Å². The number of aryl methyl sites for hydroxylation is 1. The molecule has 2 aromatic rings. The first-order chi connectivity index (χ1) is 17.5. The van der Waals surface area contributed by atoms with E-state index >= 15 is 0 Å². The van der Waals surface area contributed by atoms with Crippen LogP contribution in [-0.4, -0.2) is 47.0 Å². The average molecular weight is 507 g/mol. The van der Waals surface area contributed by atoms with Gasteiger partial charge in [0.2, 0.25) is 5.88 Å². The molecule has 1 aliphatic carbocycles. The first kappa shape index (κ1) is 23.3. The highest BCUT2D eigenvalue weighted by molar-refractivity contribution is 8.04. The number of piperidine rings is 1. The quantitative estimate of drug-likeness (QED) is 0.492. The average Bonchev–Trinajstić information content (AvgIpc) is 3.44. The van der Waals surface area contributed by atoms with Crippen LogP contribution in [0.5, 0.6) is 11.6 Å². The molecule has 4 heterocycles. The molecule has 188 valence electrons. The molecule has 0 spiro atoms. The summed E-state index contributed by atoms with van der Waals surface area (Å²) in [4.78, 5) is 33.7. The van der Waals surface area contributed by atoms with Crippen molar-refractivity contribution in [3.8, 4) is 11.6 Å². The second kappa shape index (κ2) is 9.42. The second-order valence-corrected chi connectivity index (χ2v) is 11.0. The van der Waals surface area contributed by atoms with Crippen LogP contribution in [-0.2, 0) is 4.79 Å². The molecule has 2 saturated heterocycles. The van der Waals surface area contributed by atoms with E-state index in [4.69, 9.17) is 10.5 Å². The van der Waals surface area contributed by atoms with Gasteiger partial charge in [-0.3, -0.25) is 9.69 Å². The van der Waals surface area contributed by atoms with Gasteiger partial charge in [0.15, 0.2) is 0 Å². The fraction of sp³-hybridized carbons (Fsp3) is 0.423. The van der Waals surface area contributed by atoms with E-state index in [2.05, 4.69) is 20.9 Å². The van der Waals surface area contributed by atoms with Crippen molar-refractivity contribution in [2.24, 2.45) is 11.7 Å². The molecular formula is C26H30N6O3S. The Balaban J connectivity index is 1.25. The maximum Gasteiger partial charge on any atom is 0.326 e. The highest BCUT2D eigenvalue weighted by Crippen LogP contribution is 2.48. The third-order valence-electron chi connectivity index (χ3n) is 7.41. The van der Waals surface area contributed by atoms with Gasteiger partial charge >= 0.3 is 6.03 Å². The number of para-hydroxylation sites is 1. The van der Waals surface area contributed by atoms with Gasteiger partial charge in [-0.05, 0) is 57.4 Å². The summed E-state index contributed by atoms with van der Waals surface area (Å²) in [5, 5.41) is 9.78. The fourth-order valence-electron chi connectivity index (χ4n) is 5.75. The van der Waals surface area contributed by atoms with Crippen molar-refractivity contribution in [3.05, 3.63) is 58.8 Å². The summed E-state index contributed by atoms with van der Waals surface area (Å²) in [5.41, 5.74) is 8.22. The van der Waals surface area contributed by atoms with Gasteiger partial charge in [0, 0.05) is 29.8 Å². The molecule has 0 radical (unpaired) electrons. The van der Waals surface area contributed by atoms with Crippen LogP contribution in [0.4, 0.5) is 10.5 Å². The molecule has 5 N–H and O–H groups in total. The number of hydrogen-bond donors (Lipinski definition) is 4. The maximum atomic E-state index is 13.5. The summed E-state index contributed by atoms with van der Waals surface area (Å²) in [6.45, 7) is 2.66. The van der Waals surface area contributed by atoms with Crippen molar-refractivity contribution < 1.29 is 14.3 Å². The van der Waals surface area contributed by atoms with Crippen molar-refractivity contribution in [3.63, 3.8) is 0 Å². The molecule has 3 fully saturated rings. The van der Waals surface area contributed by atoms with Gasteiger partial charge in [0.25, 0.3) is 5.91 Å². The lowest BCUT2D eigenvalue weighted by Crippen LogP contribution is -2.62. The number of aromatic nitrogens is 1. The largest absolute Gasteiger partial charge is 0.439 e. The monoisotopic (exact) mass is 506 g/mol. The van der Waals surface area contributed by atoms with Crippen LogP contribution in [0.1, 0.15) is 31.4 Å². The van der Waals surface area contributed by atoms with Crippen LogP contribution in [0.3, 0.4) is 0 Å². The van der Waals surface area contributed by atoms with Gasteiger partial charge in [0.05, 0.1) is 27.7 Å². The molecule has 1 aromatic heterocycles. The number of benzene rings is 1. The first-order valence-corrected chi connectivity index (χ1v) is 13.4. The highest BCUT2D eigenvalue weighted by atomic mass is 32.2. The first-order valence-electron chi connectivity index (χ1n) is 12.5. The number of ether oxygens (including phenoxy) is 1. The molecule has 36 heavy (non-hydrogen) atoms. The molecule has 1 saturated carbocycles. The minimum Gasteiger partial charge on any atom is -0.439 e. The summed E-state index contributed by atoms with van der Waals surface area (Å²) in [7, 11) is 0. The number of nitrogens with zero attached hydrogens (tertiary/aromatic N) is 2. The van der Waals surface area contributed by atoms with Gasteiger partial charge < -0.3 is 26.4 Å². The number of urea groups is 1. The predicted octanol–water partition coefficient (Wildman–Crippen LogP) is 2.97. The van der Waals surface area contributed by atoms with Crippen LogP contribution in [0.15, 0.2) is 53.1 Å². The number of carbonyl (C=O) groups is 2. The topological polar surface area (TPSA) is 122 Å². The molecule has 3 aliphatic heterocycles. The van der Waals surface area contributed by atoms with Crippen LogP contribution in [0.25, 0.3) is 0 Å². The van der Waals surface area contributed by atoms with Crippen molar-refractivity contribution in [1.29, 1.82) is 0 Å². The van der Waals surface area contributed by atoms with E-state index in [-0.39, 0.29) is 41.4 Å². The Morgan fingerprint density at radius 3 is 2.78 bits per heavy atom. The Kier molecular flexibility index (Phi) is 6.10. The molecule has 10 heteroatoms. The summed E-state index contributed by atoms with van der Waals surface area (Å²) in [5.74, 6) is 1.06. The molecule has 6 rings (SSSR count). The number of rotatable bonds is 5. The Labute approximate surface area is 214 Å². The van der Waals surface area contributed by atoms with E-state index in [9.17, 15) is 9.59 Å². The second-order valence-electron chi connectivity index (χ2n) is 9.83. The van der Waals surface area contributed by atoms with E-state index in [0.29, 0.717) is 22.2 Å². The summed E-state index contributed by atoms with van der Waals surface area (Å²) >= 11 is 1.52.